The minimum atomic E-state index is -0.455. The third kappa shape index (κ3) is 4.97. The van der Waals surface area contributed by atoms with E-state index in [0.29, 0.717) is 10.6 Å². The number of ether oxygens (including phenoxy) is 1. The molecule has 0 aliphatic carbocycles. The van der Waals surface area contributed by atoms with Crippen molar-refractivity contribution in [3.8, 4) is 11.1 Å². The average Bonchev–Trinajstić information content (AvgIpc) is 3.11. The van der Waals surface area contributed by atoms with Crippen molar-refractivity contribution in [3.05, 3.63) is 81.7 Å². The van der Waals surface area contributed by atoms with Crippen LogP contribution in [0, 0.1) is 0 Å². The Balaban J connectivity index is 1.88. The average molecular weight is 456 g/mol. The van der Waals surface area contributed by atoms with E-state index in [4.69, 9.17) is 4.74 Å². The summed E-state index contributed by atoms with van der Waals surface area (Å²) in [4.78, 5) is 24.9. The number of carbonyl (C=O) groups excluding carboxylic acids is 2. The van der Waals surface area contributed by atoms with Gasteiger partial charge in [-0.15, -0.1) is 11.3 Å². The minimum Gasteiger partial charge on any atom is -0.462 e. The van der Waals surface area contributed by atoms with Gasteiger partial charge in [0.05, 0.1) is 6.61 Å². The Morgan fingerprint density at radius 1 is 1.11 bits per heavy atom. The molecule has 6 heteroatoms. The predicted molar refractivity (Wildman–Crippen MR) is 118 cm³/mol. The molecule has 1 amide bonds. The van der Waals surface area contributed by atoms with Crippen molar-refractivity contribution in [1.29, 1.82) is 0 Å². The first-order valence-electron chi connectivity index (χ1n) is 8.67. The Hall–Kier alpha value is -2.70. The highest BCUT2D eigenvalue weighted by atomic mass is 79.9. The summed E-state index contributed by atoms with van der Waals surface area (Å²) in [7, 11) is 0. The molecule has 0 atom stereocenters. The van der Waals surface area contributed by atoms with Gasteiger partial charge < -0.3 is 10.1 Å². The van der Waals surface area contributed by atoms with Crippen LogP contribution in [0.15, 0.2) is 70.5 Å². The zero-order valence-electron chi connectivity index (χ0n) is 15.1. The van der Waals surface area contributed by atoms with Crippen LogP contribution >= 0.6 is 27.3 Å². The van der Waals surface area contributed by atoms with Gasteiger partial charge in [0.25, 0.3) is 0 Å². The molecule has 28 heavy (non-hydrogen) atoms. The first-order chi connectivity index (χ1) is 13.6. The lowest BCUT2D eigenvalue weighted by atomic mass is 10.0. The van der Waals surface area contributed by atoms with Crippen LogP contribution in [0.4, 0.5) is 5.00 Å². The maximum absolute atomic E-state index is 12.6. The van der Waals surface area contributed by atoms with Crippen LogP contribution in [0.1, 0.15) is 22.8 Å². The Morgan fingerprint density at radius 3 is 2.50 bits per heavy atom. The molecule has 0 radical (unpaired) electrons. The summed E-state index contributed by atoms with van der Waals surface area (Å²) in [5, 5.41) is 5.13. The van der Waals surface area contributed by atoms with Gasteiger partial charge in [-0.25, -0.2) is 4.79 Å². The number of halogens is 1. The summed E-state index contributed by atoms with van der Waals surface area (Å²) in [6.45, 7) is 2.01. The monoisotopic (exact) mass is 455 g/mol. The van der Waals surface area contributed by atoms with Crippen LogP contribution in [0.3, 0.4) is 0 Å². The Morgan fingerprint density at radius 2 is 1.82 bits per heavy atom. The van der Waals surface area contributed by atoms with E-state index >= 15 is 0 Å². The highest BCUT2D eigenvalue weighted by molar-refractivity contribution is 9.10. The van der Waals surface area contributed by atoms with Gasteiger partial charge in [-0.05, 0) is 36.3 Å². The number of rotatable bonds is 6. The third-order valence-electron chi connectivity index (χ3n) is 3.89. The molecule has 0 fully saturated rings. The number of nitrogens with one attached hydrogen (secondary N) is 1. The molecule has 2 aromatic carbocycles. The first-order valence-corrected chi connectivity index (χ1v) is 10.3. The number of hydrogen-bond donors (Lipinski definition) is 1. The lowest BCUT2D eigenvalue weighted by Gasteiger charge is -2.08. The normalized spacial score (nSPS) is 10.8. The summed E-state index contributed by atoms with van der Waals surface area (Å²) < 4.78 is 6.16. The van der Waals surface area contributed by atoms with E-state index in [9.17, 15) is 9.59 Å². The molecular weight excluding hydrogens is 438 g/mol. The van der Waals surface area contributed by atoms with E-state index in [0.717, 1.165) is 21.2 Å². The topological polar surface area (TPSA) is 55.4 Å². The zero-order chi connectivity index (χ0) is 19.9. The molecule has 0 saturated heterocycles. The number of carbonyl (C=O) groups is 2. The maximum atomic E-state index is 12.6. The van der Waals surface area contributed by atoms with Crippen molar-refractivity contribution in [1.82, 2.24) is 0 Å². The van der Waals surface area contributed by atoms with Gasteiger partial charge in [-0.1, -0.05) is 58.4 Å². The van der Waals surface area contributed by atoms with Gasteiger partial charge >= 0.3 is 5.97 Å². The van der Waals surface area contributed by atoms with Crippen molar-refractivity contribution in [2.45, 2.75) is 6.92 Å². The molecule has 4 nitrogen and oxygen atoms in total. The van der Waals surface area contributed by atoms with Crippen molar-refractivity contribution in [2.75, 3.05) is 11.9 Å². The van der Waals surface area contributed by atoms with Gasteiger partial charge in [-0.2, -0.15) is 0 Å². The first kappa shape index (κ1) is 20.0. The van der Waals surface area contributed by atoms with E-state index in [-0.39, 0.29) is 12.5 Å². The van der Waals surface area contributed by atoms with Crippen LogP contribution in [0.2, 0.25) is 0 Å². The number of benzene rings is 2. The second kappa shape index (κ2) is 9.48. The van der Waals surface area contributed by atoms with Crippen LogP contribution < -0.4 is 5.32 Å². The van der Waals surface area contributed by atoms with Crippen LogP contribution in [-0.4, -0.2) is 18.5 Å². The molecule has 0 unspecified atom stereocenters. The summed E-state index contributed by atoms with van der Waals surface area (Å²) >= 11 is 4.71. The fourth-order valence-corrected chi connectivity index (χ4v) is 3.81. The van der Waals surface area contributed by atoms with Gasteiger partial charge in [0.1, 0.15) is 10.6 Å². The van der Waals surface area contributed by atoms with E-state index in [1.807, 2.05) is 60.0 Å². The molecule has 1 heterocycles. The lowest BCUT2D eigenvalue weighted by Crippen LogP contribution is -2.12. The van der Waals surface area contributed by atoms with Crippen molar-refractivity contribution >= 4 is 50.2 Å². The smallest absolute Gasteiger partial charge is 0.341 e. The molecule has 0 saturated carbocycles. The second-order valence-corrected chi connectivity index (χ2v) is 7.61. The van der Waals surface area contributed by atoms with Crippen LogP contribution in [-0.2, 0) is 9.53 Å². The van der Waals surface area contributed by atoms with E-state index in [1.165, 1.54) is 17.4 Å². The van der Waals surface area contributed by atoms with Crippen molar-refractivity contribution in [2.24, 2.45) is 0 Å². The van der Waals surface area contributed by atoms with E-state index in [1.54, 1.807) is 13.0 Å². The van der Waals surface area contributed by atoms with Crippen LogP contribution in [0.5, 0.6) is 0 Å². The molecule has 0 aliphatic rings. The molecule has 3 aromatic rings. The summed E-state index contributed by atoms with van der Waals surface area (Å²) in [6.07, 6.45) is 3.17. The predicted octanol–water partition coefficient (Wildman–Crippen LogP) is 6.01. The number of thiophene rings is 1. The van der Waals surface area contributed by atoms with Crippen molar-refractivity contribution < 1.29 is 14.3 Å². The van der Waals surface area contributed by atoms with Crippen molar-refractivity contribution in [3.63, 3.8) is 0 Å². The number of amides is 1. The third-order valence-corrected chi connectivity index (χ3v) is 5.31. The molecule has 1 aromatic heterocycles. The Kier molecular flexibility index (Phi) is 6.79. The number of hydrogen-bond acceptors (Lipinski definition) is 4. The molecular formula is C22H18BrNO3S. The molecule has 142 valence electrons. The molecule has 1 N–H and O–H groups in total. The lowest BCUT2D eigenvalue weighted by molar-refractivity contribution is -0.111. The Bertz CT molecular complexity index is 994. The van der Waals surface area contributed by atoms with E-state index < -0.39 is 5.97 Å². The van der Waals surface area contributed by atoms with Gasteiger partial charge in [0.2, 0.25) is 5.91 Å². The molecule has 0 bridgehead atoms. The second-order valence-electron chi connectivity index (χ2n) is 5.81. The molecule has 3 rings (SSSR count). The standard InChI is InChI=1S/C22H18BrNO3S/c1-2-27-22(26)20-18(16-9-11-17(23)12-10-16)14-28-21(20)24-19(25)13-8-15-6-4-3-5-7-15/h3-14H,2H2,1H3,(H,24,25). The fraction of sp³-hybridized carbons (Fsp3) is 0.0909. The molecule has 0 aliphatic heterocycles. The van der Waals surface area contributed by atoms with Gasteiger partial charge in [0.15, 0.2) is 0 Å². The highest BCUT2D eigenvalue weighted by Crippen LogP contribution is 2.36. The summed E-state index contributed by atoms with van der Waals surface area (Å²) in [5.41, 5.74) is 2.90. The number of esters is 1. The molecule has 0 spiro atoms. The SMILES string of the molecule is CCOC(=O)c1c(-c2ccc(Br)cc2)csc1NC(=O)C=Cc1ccccc1. The quantitative estimate of drug-likeness (QED) is 0.365. The summed E-state index contributed by atoms with van der Waals surface area (Å²) in [6, 6.07) is 17.2. The highest BCUT2D eigenvalue weighted by Gasteiger charge is 2.22. The van der Waals surface area contributed by atoms with E-state index in [2.05, 4.69) is 21.2 Å². The zero-order valence-corrected chi connectivity index (χ0v) is 17.5. The minimum absolute atomic E-state index is 0.260. The maximum Gasteiger partial charge on any atom is 0.341 e. The Labute approximate surface area is 176 Å². The fourth-order valence-electron chi connectivity index (χ4n) is 2.59. The summed E-state index contributed by atoms with van der Waals surface area (Å²) in [5.74, 6) is -0.761. The van der Waals surface area contributed by atoms with Crippen LogP contribution in [0.25, 0.3) is 17.2 Å². The van der Waals surface area contributed by atoms with Gasteiger partial charge in [-0.3, -0.25) is 4.79 Å². The van der Waals surface area contributed by atoms with Gasteiger partial charge in [0, 0.05) is 21.5 Å². The largest absolute Gasteiger partial charge is 0.462 e. The number of anilines is 1.